The number of piperidine rings is 1. The fourth-order valence-corrected chi connectivity index (χ4v) is 3.91. The number of carbonyl (C=O) groups excluding carboxylic acids is 2. The smallest absolute Gasteiger partial charge is 0.321 e. The van der Waals surface area contributed by atoms with Gasteiger partial charge in [-0.05, 0) is 44.9 Å². The maximum absolute atomic E-state index is 12.0. The third kappa shape index (κ3) is 3.51. The second-order valence-corrected chi connectivity index (χ2v) is 6.67. The Kier molecular flexibility index (Phi) is 4.24. The number of quaternary nitrogens is 1. The van der Waals surface area contributed by atoms with Crippen LogP contribution in [0.25, 0.3) is 0 Å². The Bertz CT molecular complexity index is 379. The molecule has 112 valence electrons. The van der Waals surface area contributed by atoms with Gasteiger partial charge in [0.25, 0.3) is 5.91 Å². The van der Waals surface area contributed by atoms with Gasteiger partial charge in [0.05, 0.1) is 12.6 Å². The first-order chi connectivity index (χ1) is 9.72. The molecule has 0 radical (unpaired) electrons. The van der Waals surface area contributed by atoms with Crippen LogP contribution in [0.5, 0.6) is 0 Å². The summed E-state index contributed by atoms with van der Waals surface area (Å²) in [7, 11) is 0. The molecule has 3 atom stereocenters. The van der Waals surface area contributed by atoms with Crippen LogP contribution in [0.2, 0.25) is 0 Å². The molecule has 0 aromatic rings. The van der Waals surface area contributed by atoms with E-state index in [4.69, 9.17) is 0 Å². The Balaban J connectivity index is 1.47. The average Bonchev–Trinajstić information content (AvgIpc) is 3.22. The standard InChI is InChI=1S/C15H25N3O2/c19-14(17-15(20)16-12-7-8-12)10-18-9-3-5-11-4-1-2-6-13(11)18/h11-13H,1-10H2,(H2,16,17,19,20)/p+1/t11-,13+/m0/s1. The third-order valence-electron chi connectivity index (χ3n) is 5.06. The maximum atomic E-state index is 12.0. The Morgan fingerprint density at radius 1 is 1.00 bits per heavy atom. The van der Waals surface area contributed by atoms with Crippen molar-refractivity contribution in [3.8, 4) is 0 Å². The molecule has 0 aromatic heterocycles. The van der Waals surface area contributed by atoms with Gasteiger partial charge >= 0.3 is 6.03 Å². The molecule has 5 heteroatoms. The molecule has 20 heavy (non-hydrogen) atoms. The molecule has 0 spiro atoms. The summed E-state index contributed by atoms with van der Waals surface area (Å²) in [4.78, 5) is 25.0. The van der Waals surface area contributed by atoms with Crippen LogP contribution in [0.4, 0.5) is 4.79 Å². The zero-order chi connectivity index (χ0) is 13.9. The number of hydrogen-bond acceptors (Lipinski definition) is 2. The van der Waals surface area contributed by atoms with E-state index < -0.39 is 0 Å². The van der Waals surface area contributed by atoms with Crippen molar-refractivity contribution in [3.05, 3.63) is 0 Å². The van der Waals surface area contributed by atoms with E-state index in [0.29, 0.717) is 18.6 Å². The minimum Gasteiger partial charge on any atom is -0.335 e. The molecule has 3 rings (SSSR count). The van der Waals surface area contributed by atoms with E-state index in [1.807, 2.05) is 0 Å². The SMILES string of the molecule is O=C(C[NH+]1CCC[C@@H]2CCCC[C@H]21)NC(=O)NC1CC1. The minimum atomic E-state index is -0.311. The molecule has 3 amide bonds. The van der Waals surface area contributed by atoms with Crippen molar-refractivity contribution in [1.29, 1.82) is 0 Å². The monoisotopic (exact) mass is 280 g/mol. The molecule has 0 aromatic carbocycles. The number of nitrogens with one attached hydrogen (secondary N) is 3. The lowest BCUT2D eigenvalue weighted by Crippen LogP contribution is -3.18. The lowest BCUT2D eigenvalue weighted by atomic mass is 9.78. The van der Waals surface area contributed by atoms with Crippen molar-refractivity contribution in [3.63, 3.8) is 0 Å². The molecular weight excluding hydrogens is 254 g/mol. The predicted octanol–water partition coefficient (Wildman–Crippen LogP) is 0.212. The van der Waals surface area contributed by atoms with Crippen LogP contribution < -0.4 is 15.5 Å². The number of imide groups is 1. The highest BCUT2D eigenvalue weighted by Gasteiger charge is 2.37. The van der Waals surface area contributed by atoms with Gasteiger partial charge in [0.2, 0.25) is 0 Å². The molecule has 1 unspecified atom stereocenters. The summed E-state index contributed by atoms with van der Waals surface area (Å²) in [5.41, 5.74) is 0. The van der Waals surface area contributed by atoms with Crippen molar-refractivity contribution >= 4 is 11.9 Å². The molecule has 3 N–H and O–H groups in total. The fraction of sp³-hybridized carbons (Fsp3) is 0.867. The number of likely N-dealkylation sites (tertiary alicyclic amines) is 1. The highest BCUT2D eigenvalue weighted by Crippen LogP contribution is 2.28. The van der Waals surface area contributed by atoms with Gasteiger partial charge in [-0.3, -0.25) is 10.1 Å². The van der Waals surface area contributed by atoms with Gasteiger partial charge in [0.1, 0.15) is 0 Å². The number of amides is 3. The summed E-state index contributed by atoms with van der Waals surface area (Å²) in [6.07, 6.45) is 9.87. The predicted molar refractivity (Wildman–Crippen MR) is 75.4 cm³/mol. The number of hydrogen-bond donors (Lipinski definition) is 3. The molecule has 3 aliphatic rings. The van der Waals surface area contributed by atoms with Crippen molar-refractivity contribution in [1.82, 2.24) is 10.6 Å². The van der Waals surface area contributed by atoms with E-state index in [0.717, 1.165) is 25.3 Å². The third-order valence-corrected chi connectivity index (χ3v) is 5.06. The number of urea groups is 1. The summed E-state index contributed by atoms with van der Waals surface area (Å²) >= 11 is 0. The van der Waals surface area contributed by atoms with Gasteiger partial charge in [-0.15, -0.1) is 0 Å². The van der Waals surface area contributed by atoms with E-state index in [1.54, 1.807) is 0 Å². The van der Waals surface area contributed by atoms with Crippen LogP contribution in [-0.2, 0) is 4.79 Å². The molecule has 1 heterocycles. The van der Waals surface area contributed by atoms with E-state index in [-0.39, 0.29) is 11.9 Å². The van der Waals surface area contributed by atoms with E-state index in [2.05, 4.69) is 10.6 Å². The first-order valence-corrected chi connectivity index (χ1v) is 8.17. The van der Waals surface area contributed by atoms with Gasteiger partial charge in [0, 0.05) is 12.0 Å². The normalized spacial score (nSPS) is 33.1. The number of rotatable bonds is 3. The second kappa shape index (κ2) is 6.12. The quantitative estimate of drug-likeness (QED) is 0.692. The number of fused-ring (bicyclic) bond motifs is 1. The van der Waals surface area contributed by atoms with Crippen LogP contribution in [0.3, 0.4) is 0 Å². The molecule has 1 aliphatic heterocycles. The van der Waals surface area contributed by atoms with Crippen LogP contribution >= 0.6 is 0 Å². The average molecular weight is 280 g/mol. The first-order valence-electron chi connectivity index (χ1n) is 8.17. The van der Waals surface area contributed by atoms with E-state index >= 15 is 0 Å². The van der Waals surface area contributed by atoms with Crippen molar-refractivity contribution < 1.29 is 14.5 Å². The lowest BCUT2D eigenvalue weighted by molar-refractivity contribution is -0.928. The highest BCUT2D eigenvalue weighted by atomic mass is 16.2. The minimum absolute atomic E-state index is 0.121. The topological polar surface area (TPSA) is 62.6 Å². The van der Waals surface area contributed by atoms with Gasteiger partial charge < -0.3 is 10.2 Å². The molecule has 0 bridgehead atoms. The Morgan fingerprint density at radius 3 is 2.55 bits per heavy atom. The largest absolute Gasteiger partial charge is 0.335 e. The van der Waals surface area contributed by atoms with Crippen LogP contribution in [0.1, 0.15) is 51.4 Å². The van der Waals surface area contributed by atoms with Crippen LogP contribution in [-0.4, -0.2) is 37.1 Å². The van der Waals surface area contributed by atoms with Crippen molar-refractivity contribution in [2.45, 2.75) is 63.5 Å². The van der Waals surface area contributed by atoms with Gasteiger partial charge in [-0.25, -0.2) is 4.79 Å². The van der Waals surface area contributed by atoms with Crippen LogP contribution in [0.15, 0.2) is 0 Å². The van der Waals surface area contributed by atoms with Crippen molar-refractivity contribution in [2.24, 2.45) is 5.92 Å². The second-order valence-electron chi connectivity index (χ2n) is 6.67. The Morgan fingerprint density at radius 2 is 1.75 bits per heavy atom. The van der Waals surface area contributed by atoms with Gasteiger partial charge in [-0.2, -0.15) is 0 Å². The molecule has 3 fully saturated rings. The van der Waals surface area contributed by atoms with E-state index in [1.165, 1.54) is 43.4 Å². The first kappa shape index (κ1) is 13.9. The zero-order valence-electron chi connectivity index (χ0n) is 12.1. The Labute approximate surface area is 120 Å². The summed E-state index contributed by atoms with van der Waals surface area (Å²) in [5.74, 6) is 0.685. The summed E-state index contributed by atoms with van der Waals surface area (Å²) in [6.45, 7) is 1.54. The van der Waals surface area contributed by atoms with E-state index in [9.17, 15) is 9.59 Å². The van der Waals surface area contributed by atoms with Crippen LogP contribution in [0, 0.1) is 5.92 Å². The Hall–Kier alpha value is -1.10. The molecule has 5 nitrogen and oxygen atoms in total. The maximum Gasteiger partial charge on any atom is 0.321 e. The summed E-state index contributed by atoms with van der Waals surface area (Å²) in [5, 5.41) is 5.28. The lowest BCUT2D eigenvalue weighted by Gasteiger charge is -2.40. The van der Waals surface area contributed by atoms with Gasteiger partial charge in [-0.1, -0.05) is 6.42 Å². The number of carbonyl (C=O) groups is 2. The zero-order valence-corrected chi connectivity index (χ0v) is 12.1. The fourth-order valence-electron chi connectivity index (χ4n) is 3.91. The highest BCUT2D eigenvalue weighted by molar-refractivity contribution is 5.94. The molecule has 1 saturated heterocycles. The summed E-state index contributed by atoms with van der Waals surface area (Å²) in [6, 6.07) is 0.636. The summed E-state index contributed by atoms with van der Waals surface area (Å²) < 4.78 is 0. The van der Waals surface area contributed by atoms with Crippen molar-refractivity contribution in [2.75, 3.05) is 13.1 Å². The molecule has 2 saturated carbocycles. The molecular formula is C15H26N3O2+. The van der Waals surface area contributed by atoms with Gasteiger partial charge in [0.15, 0.2) is 6.54 Å². The molecule has 2 aliphatic carbocycles.